The van der Waals surface area contributed by atoms with Crippen molar-refractivity contribution in [3.05, 3.63) is 231 Å². The Morgan fingerprint density at radius 2 is 0.692 bits per heavy atom. The van der Waals surface area contributed by atoms with Gasteiger partial charge in [0.1, 0.15) is 0 Å². The summed E-state index contributed by atoms with van der Waals surface area (Å²) in [7, 11) is 0. The van der Waals surface area contributed by atoms with Crippen molar-refractivity contribution >= 4 is 76.9 Å². The fraction of sp³-hybridized carbons (Fsp3) is 0. The van der Waals surface area contributed by atoms with Gasteiger partial charge in [0, 0.05) is 12.4 Å². The predicted octanol–water partition coefficient (Wildman–Crippen LogP) is 16.5. The Balaban J connectivity index is 1.03. The Bertz CT molecular complexity index is 3810. The van der Waals surface area contributed by atoms with Crippen LogP contribution in [0.25, 0.3) is 129 Å². The molecule has 0 spiro atoms. The Labute approximate surface area is 382 Å². The topological polar surface area (TPSA) is 25.8 Å². The van der Waals surface area contributed by atoms with Crippen molar-refractivity contribution < 1.29 is 0 Å². The number of benzene rings is 10. The van der Waals surface area contributed by atoms with Crippen molar-refractivity contribution in [1.29, 1.82) is 0 Å². The number of pyridine rings is 2. The first-order valence-electron chi connectivity index (χ1n) is 22.1. The third kappa shape index (κ3) is 6.16. The van der Waals surface area contributed by atoms with Crippen LogP contribution in [0.2, 0.25) is 0 Å². The molecule has 3 aromatic heterocycles. The SMILES string of the molecule is c1ccc(-c2c3ccccc3c(-c3cccc4c3[se]c3cc(-c5c6ccccc6c(-c6cc(-c7cccnc7)cc(-c7cccnc7)c6)c6ccccc56)ccc34)c3ccccc23)cc1. The third-order valence-electron chi connectivity index (χ3n) is 13.2. The summed E-state index contributed by atoms with van der Waals surface area (Å²) in [4.78, 5) is 8.99. The maximum atomic E-state index is 4.50. The van der Waals surface area contributed by atoms with Gasteiger partial charge < -0.3 is 0 Å². The molecule has 302 valence electrons. The van der Waals surface area contributed by atoms with Gasteiger partial charge in [-0.25, -0.2) is 0 Å². The molecule has 13 rings (SSSR count). The van der Waals surface area contributed by atoms with Crippen LogP contribution in [0.1, 0.15) is 0 Å². The molecule has 0 fully saturated rings. The molecule has 10 aromatic carbocycles. The summed E-state index contributed by atoms with van der Waals surface area (Å²) in [6, 6.07) is 76.3. The minimum absolute atomic E-state index is 0.0819. The van der Waals surface area contributed by atoms with Gasteiger partial charge in [0.25, 0.3) is 0 Å². The summed E-state index contributed by atoms with van der Waals surface area (Å²) in [5.41, 5.74) is 14.6. The third-order valence-corrected chi connectivity index (χ3v) is 15.7. The molecule has 3 heteroatoms. The van der Waals surface area contributed by atoms with Crippen molar-refractivity contribution in [1.82, 2.24) is 9.97 Å². The van der Waals surface area contributed by atoms with E-state index in [0.717, 1.165) is 22.3 Å². The zero-order valence-electron chi connectivity index (χ0n) is 35.2. The van der Waals surface area contributed by atoms with E-state index in [2.05, 4.69) is 204 Å². The molecule has 0 aliphatic heterocycles. The van der Waals surface area contributed by atoms with Gasteiger partial charge in [-0.05, 0) is 12.1 Å². The zero-order chi connectivity index (χ0) is 42.8. The van der Waals surface area contributed by atoms with Gasteiger partial charge in [-0.15, -0.1) is 0 Å². The zero-order valence-corrected chi connectivity index (χ0v) is 37.0. The van der Waals surface area contributed by atoms with Crippen LogP contribution in [0.15, 0.2) is 231 Å². The van der Waals surface area contributed by atoms with Gasteiger partial charge in [0.05, 0.1) is 0 Å². The van der Waals surface area contributed by atoms with Crippen LogP contribution in [0.5, 0.6) is 0 Å². The van der Waals surface area contributed by atoms with Gasteiger partial charge in [0.2, 0.25) is 0 Å². The molecule has 2 nitrogen and oxygen atoms in total. The van der Waals surface area contributed by atoms with E-state index in [-0.39, 0.29) is 14.5 Å². The predicted molar refractivity (Wildman–Crippen MR) is 277 cm³/mol. The Morgan fingerprint density at radius 3 is 1.20 bits per heavy atom. The standard InChI is InChI=1S/C62H38N2Se/c1-2-15-39(16-3-1)58-51-23-8-10-25-53(51)61(54-26-11-9-24-52(54)58)56-28-12-27-55-46-30-29-40(36-57(46)65-62(55)56)59-47-19-4-6-21-49(47)60(50-22-7-5-20-48(50)59)45-34-43(41-17-13-31-63-37-41)33-44(35-45)42-18-14-32-64-38-42/h1-38H. The number of rotatable bonds is 6. The number of hydrogen-bond donors (Lipinski definition) is 0. The summed E-state index contributed by atoms with van der Waals surface area (Å²) in [6.07, 6.45) is 7.57. The summed E-state index contributed by atoms with van der Waals surface area (Å²) >= 11 is 0.0819. The average molecular weight is 890 g/mol. The van der Waals surface area contributed by atoms with Gasteiger partial charge in [-0.2, -0.15) is 0 Å². The molecule has 0 amide bonds. The van der Waals surface area contributed by atoms with E-state index in [1.165, 1.54) is 107 Å². The molecule has 0 aliphatic rings. The molecule has 0 N–H and O–H groups in total. The number of hydrogen-bond acceptors (Lipinski definition) is 2. The second-order valence-corrected chi connectivity index (χ2v) is 19.0. The van der Waals surface area contributed by atoms with Crippen molar-refractivity contribution in [2.24, 2.45) is 0 Å². The first kappa shape index (κ1) is 37.6. The first-order valence-corrected chi connectivity index (χ1v) is 23.8. The monoisotopic (exact) mass is 890 g/mol. The number of fused-ring (bicyclic) bond motifs is 7. The van der Waals surface area contributed by atoms with Crippen LogP contribution in [-0.4, -0.2) is 24.5 Å². The normalized spacial score (nSPS) is 11.7. The molecule has 0 bridgehead atoms. The summed E-state index contributed by atoms with van der Waals surface area (Å²) in [6.45, 7) is 0. The molecule has 0 aliphatic carbocycles. The fourth-order valence-electron chi connectivity index (χ4n) is 10.4. The quantitative estimate of drug-likeness (QED) is 0.123. The molecule has 0 saturated heterocycles. The van der Waals surface area contributed by atoms with E-state index >= 15 is 0 Å². The fourth-order valence-corrected chi connectivity index (χ4v) is 13.1. The second kappa shape index (κ2) is 15.4. The van der Waals surface area contributed by atoms with Crippen LogP contribution in [0.4, 0.5) is 0 Å². The molecular weight excluding hydrogens is 852 g/mol. The van der Waals surface area contributed by atoms with Crippen molar-refractivity contribution in [2.75, 3.05) is 0 Å². The van der Waals surface area contributed by atoms with Crippen LogP contribution in [0, 0.1) is 0 Å². The summed E-state index contributed by atoms with van der Waals surface area (Å²) in [5.74, 6) is 0. The van der Waals surface area contributed by atoms with E-state index in [1.807, 2.05) is 36.9 Å². The van der Waals surface area contributed by atoms with E-state index in [0.29, 0.717) is 0 Å². The van der Waals surface area contributed by atoms with Gasteiger partial charge in [0.15, 0.2) is 0 Å². The summed E-state index contributed by atoms with van der Waals surface area (Å²) in [5, 5.41) is 12.8. The van der Waals surface area contributed by atoms with Gasteiger partial charge >= 0.3 is 350 Å². The van der Waals surface area contributed by atoms with Crippen molar-refractivity contribution in [3.63, 3.8) is 0 Å². The molecule has 0 unspecified atom stereocenters. The van der Waals surface area contributed by atoms with Crippen molar-refractivity contribution in [3.8, 4) is 66.8 Å². The van der Waals surface area contributed by atoms with Crippen LogP contribution in [-0.2, 0) is 0 Å². The number of aromatic nitrogens is 2. The molecule has 3 heterocycles. The van der Waals surface area contributed by atoms with Crippen LogP contribution < -0.4 is 0 Å². The molecular formula is C62H38N2Se. The summed E-state index contributed by atoms with van der Waals surface area (Å²) < 4.78 is 2.88. The Kier molecular flexibility index (Phi) is 8.91. The minimum atomic E-state index is 0.0819. The Morgan fingerprint density at radius 1 is 0.262 bits per heavy atom. The molecule has 65 heavy (non-hydrogen) atoms. The molecule has 0 atom stereocenters. The average Bonchev–Trinajstić information content (AvgIpc) is 3.76. The molecule has 13 aromatic rings. The van der Waals surface area contributed by atoms with E-state index in [1.54, 1.807) is 0 Å². The maximum absolute atomic E-state index is 4.50. The van der Waals surface area contributed by atoms with E-state index < -0.39 is 0 Å². The molecule has 0 radical (unpaired) electrons. The van der Waals surface area contributed by atoms with E-state index in [4.69, 9.17) is 0 Å². The first-order chi connectivity index (χ1) is 32.3. The molecule has 0 saturated carbocycles. The van der Waals surface area contributed by atoms with Gasteiger partial charge in [-0.3, -0.25) is 9.97 Å². The van der Waals surface area contributed by atoms with E-state index in [9.17, 15) is 0 Å². The second-order valence-electron chi connectivity index (χ2n) is 16.8. The van der Waals surface area contributed by atoms with Crippen molar-refractivity contribution in [2.45, 2.75) is 0 Å². The van der Waals surface area contributed by atoms with Crippen LogP contribution in [0.3, 0.4) is 0 Å². The van der Waals surface area contributed by atoms with Crippen LogP contribution >= 0.6 is 0 Å². The number of nitrogens with zero attached hydrogens (tertiary/aromatic N) is 2. The van der Waals surface area contributed by atoms with Gasteiger partial charge in [-0.1, -0.05) is 0 Å². The Hall–Kier alpha value is -7.94.